The van der Waals surface area contributed by atoms with E-state index in [2.05, 4.69) is 0 Å². The lowest BCUT2D eigenvalue weighted by molar-refractivity contribution is 0.0641. The summed E-state index contributed by atoms with van der Waals surface area (Å²) in [7, 11) is 0. The third-order valence-corrected chi connectivity index (χ3v) is 4.13. The molecule has 3 amide bonds. The van der Waals surface area contributed by atoms with Gasteiger partial charge in [0.15, 0.2) is 0 Å². The molecule has 0 aliphatic carbocycles. The van der Waals surface area contributed by atoms with Crippen LogP contribution in [-0.2, 0) is 0 Å². The van der Waals surface area contributed by atoms with E-state index >= 15 is 0 Å². The van der Waals surface area contributed by atoms with E-state index in [1.54, 1.807) is 39.0 Å². The van der Waals surface area contributed by atoms with Crippen molar-refractivity contribution in [1.29, 1.82) is 5.26 Å². The molecule has 2 rings (SSSR count). The van der Waals surface area contributed by atoms with Gasteiger partial charge in [-0.05, 0) is 38.1 Å². The van der Waals surface area contributed by atoms with Crippen LogP contribution in [0, 0.1) is 11.3 Å². The molecule has 23 heavy (non-hydrogen) atoms. The Balaban J connectivity index is 1.94. The molecular weight excluding hydrogens is 292 g/mol. The summed E-state index contributed by atoms with van der Waals surface area (Å²) in [6.07, 6.45) is 0. The molecule has 6 heteroatoms. The molecule has 0 N–H and O–H groups in total. The van der Waals surface area contributed by atoms with Crippen molar-refractivity contribution in [2.75, 3.05) is 39.3 Å². The zero-order chi connectivity index (χ0) is 16.8. The maximum atomic E-state index is 12.5. The second-order valence-corrected chi connectivity index (χ2v) is 5.42. The third kappa shape index (κ3) is 3.81. The van der Waals surface area contributed by atoms with Gasteiger partial charge in [-0.15, -0.1) is 0 Å². The fraction of sp³-hybridized carbons (Fsp3) is 0.471. The first-order chi connectivity index (χ1) is 11.1. The third-order valence-electron chi connectivity index (χ3n) is 4.13. The van der Waals surface area contributed by atoms with Gasteiger partial charge in [0.2, 0.25) is 0 Å². The second-order valence-electron chi connectivity index (χ2n) is 5.42. The minimum absolute atomic E-state index is 0.0421. The smallest absolute Gasteiger partial charge is 0.320 e. The van der Waals surface area contributed by atoms with E-state index < -0.39 is 0 Å². The molecule has 1 aliphatic rings. The first kappa shape index (κ1) is 16.8. The molecule has 0 aromatic heterocycles. The Morgan fingerprint density at radius 2 is 1.57 bits per heavy atom. The van der Waals surface area contributed by atoms with E-state index in [0.29, 0.717) is 50.4 Å². The molecule has 122 valence electrons. The lowest BCUT2D eigenvalue weighted by Crippen LogP contribution is -2.54. The molecule has 1 aliphatic heterocycles. The van der Waals surface area contributed by atoms with E-state index in [1.165, 1.54) is 0 Å². The number of carbonyl (C=O) groups is 2. The molecule has 6 nitrogen and oxygen atoms in total. The van der Waals surface area contributed by atoms with E-state index in [0.717, 1.165) is 0 Å². The van der Waals surface area contributed by atoms with Crippen molar-refractivity contribution in [3.05, 3.63) is 35.4 Å². The van der Waals surface area contributed by atoms with Crippen molar-refractivity contribution in [1.82, 2.24) is 14.7 Å². The van der Waals surface area contributed by atoms with Gasteiger partial charge in [0.1, 0.15) is 0 Å². The quantitative estimate of drug-likeness (QED) is 0.854. The number of hydrogen-bond donors (Lipinski definition) is 0. The molecule has 1 fully saturated rings. The first-order valence-corrected chi connectivity index (χ1v) is 7.94. The number of nitriles is 1. The van der Waals surface area contributed by atoms with Gasteiger partial charge in [0.25, 0.3) is 5.91 Å². The van der Waals surface area contributed by atoms with Crippen LogP contribution in [0.2, 0.25) is 0 Å². The van der Waals surface area contributed by atoms with Crippen LogP contribution >= 0.6 is 0 Å². The summed E-state index contributed by atoms with van der Waals surface area (Å²) < 4.78 is 0. The normalized spacial score (nSPS) is 14.3. The van der Waals surface area contributed by atoms with Crippen molar-refractivity contribution in [3.8, 4) is 6.07 Å². The Morgan fingerprint density at radius 1 is 1.04 bits per heavy atom. The largest absolute Gasteiger partial charge is 0.335 e. The summed E-state index contributed by atoms with van der Waals surface area (Å²) in [5, 5.41) is 8.80. The average Bonchev–Trinajstić information content (AvgIpc) is 2.62. The van der Waals surface area contributed by atoms with Crippen molar-refractivity contribution < 1.29 is 9.59 Å². The van der Waals surface area contributed by atoms with Gasteiger partial charge in [-0.3, -0.25) is 4.79 Å². The summed E-state index contributed by atoms with van der Waals surface area (Å²) in [6.45, 7) is 7.49. The lowest BCUT2D eigenvalue weighted by Gasteiger charge is -2.37. The number of rotatable bonds is 3. The average molecular weight is 314 g/mol. The van der Waals surface area contributed by atoms with Crippen LogP contribution in [0.5, 0.6) is 0 Å². The maximum absolute atomic E-state index is 12.5. The van der Waals surface area contributed by atoms with Crippen LogP contribution in [0.15, 0.2) is 24.3 Å². The van der Waals surface area contributed by atoms with Crippen molar-refractivity contribution in [2.45, 2.75) is 13.8 Å². The molecule has 0 bridgehead atoms. The molecule has 0 spiro atoms. The van der Waals surface area contributed by atoms with Crippen molar-refractivity contribution >= 4 is 11.9 Å². The van der Waals surface area contributed by atoms with Gasteiger partial charge in [-0.1, -0.05) is 0 Å². The Bertz CT molecular complexity index is 594. The highest BCUT2D eigenvalue weighted by atomic mass is 16.2. The highest BCUT2D eigenvalue weighted by molar-refractivity contribution is 5.94. The van der Waals surface area contributed by atoms with Crippen LogP contribution in [0.25, 0.3) is 0 Å². The van der Waals surface area contributed by atoms with Crippen LogP contribution in [0.4, 0.5) is 4.79 Å². The molecule has 0 saturated carbocycles. The molecule has 0 atom stereocenters. The Hall–Kier alpha value is -2.55. The number of piperazine rings is 1. The summed E-state index contributed by atoms with van der Waals surface area (Å²) in [4.78, 5) is 30.1. The Labute approximate surface area is 136 Å². The first-order valence-electron chi connectivity index (χ1n) is 7.94. The molecule has 0 radical (unpaired) electrons. The van der Waals surface area contributed by atoms with Crippen molar-refractivity contribution in [3.63, 3.8) is 0 Å². The highest BCUT2D eigenvalue weighted by Gasteiger charge is 2.26. The predicted molar refractivity (Wildman–Crippen MR) is 87.0 cm³/mol. The summed E-state index contributed by atoms with van der Waals surface area (Å²) in [5.41, 5.74) is 1.11. The zero-order valence-corrected chi connectivity index (χ0v) is 13.7. The fourth-order valence-electron chi connectivity index (χ4n) is 2.66. The SMILES string of the molecule is CCN(CC)C(=O)N1CCN(C(=O)c2ccc(C#N)cc2)CC1. The molecular formula is C17H22N4O2. The van der Waals surface area contributed by atoms with Gasteiger partial charge in [0.05, 0.1) is 11.6 Å². The Morgan fingerprint density at radius 3 is 2.04 bits per heavy atom. The molecule has 1 heterocycles. The van der Waals surface area contributed by atoms with E-state index in [9.17, 15) is 9.59 Å². The van der Waals surface area contributed by atoms with E-state index in [-0.39, 0.29) is 11.9 Å². The van der Waals surface area contributed by atoms with Crippen molar-refractivity contribution in [2.24, 2.45) is 0 Å². The predicted octanol–water partition coefficient (Wildman–Crippen LogP) is 1.78. The second kappa shape index (κ2) is 7.63. The Kier molecular flexibility index (Phi) is 5.58. The zero-order valence-electron chi connectivity index (χ0n) is 13.7. The number of hydrogen-bond acceptors (Lipinski definition) is 3. The molecule has 1 aromatic rings. The fourth-order valence-corrected chi connectivity index (χ4v) is 2.66. The van der Waals surface area contributed by atoms with Gasteiger partial charge in [0, 0.05) is 44.8 Å². The van der Waals surface area contributed by atoms with Gasteiger partial charge >= 0.3 is 6.03 Å². The number of amides is 3. The summed E-state index contributed by atoms with van der Waals surface area (Å²) >= 11 is 0. The van der Waals surface area contributed by atoms with Gasteiger partial charge < -0.3 is 14.7 Å². The lowest BCUT2D eigenvalue weighted by atomic mass is 10.1. The van der Waals surface area contributed by atoms with Crippen LogP contribution in [0.1, 0.15) is 29.8 Å². The number of urea groups is 1. The molecule has 1 saturated heterocycles. The monoisotopic (exact) mass is 314 g/mol. The van der Waals surface area contributed by atoms with Crippen LogP contribution in [0.3, 0.4) is 0 Å². The topological polar surface area (TPSA) is 67.7 Å². The van der Waals surface area contributed by atoms with Crippen LogP contribution in [-0.4, -0.2) is 65.9 Å². The minimum Gasteiger partial charge on any atom is -0.335 e. The van der Waals surface area contributed by atoms with Crippen LogP contribution < -0.4 is 0 Å². The molecule has 0 unspecified atom stereocenters. The number of nitrogens with zero attached hydrogens (tertiary/aromatic N) is 4. The van der Waals surface area contributed by atoms with E-state index in [4.69, 9.17) is 5.26 Å². The maximum Gasteiger partial charge on any atom is 0.320 e. The molecule has 1 aromatic carbocycles. The summed E-state index contributed by atoms with van der Waals surface area (Å²) in [5.74, 6) is -0.0515. The number of benzene rings is 1. The van der Waals surface area contributed by atoms with Gasteiger partial charge in [-0.25, -0.2) is 4.79 Å². The highest BCUT2D eigenvalue weighted by Crippen LogP contribution is 2.11. The summed E-state index contributed by atoms with van der Waals surface area (Å²) in [6, 6.07) is 8.72. The minimum atomic E-state index is -0.0515. The van der Waals surface area contributed by atoms with E-state index in [1.807, 2.05) is 19.9 Å². The standard InChI is InChI=1S/C17H22N4O2/c1-3-19(4-2)17(23)21-11-9-20(10-12-21)16(22)15-7-5-14(13-18)6-8-15/h5-8H,3-4,9-12H2,1-2H3. The number of carbonyl (C=O) groups excluding carboxylic acids is 2. The van der Waals surface area contributed by atoms with Gasteiger partial charge in [-0.2, -0.15) is 5.26 Å².